The molecular formula is C6H13K3O8. The summed E-state index contributed by atoms with van der Waals surface area (Å²) in [6.07, 6.45) is 0. The van der Waals surface area contributed by atoms with E-state index in [1.165, 1.54) is 0 Å². The van der Waals surface area contributed by atoms with Crippen LogP contribution in [0.1, 0.15) is 20.8 Å². The molecule has 0 atom stereocenters. The molecule has 0 aliphatic heterocycles. The van der Waals surface area contributed by atoms with Crippen LogP contribution in [0.3, 0.4) is 0 Å². The number of carbonyl (C=O) groups excluding carboxylic acids is 3. The monoisotopic (exact) mass is 330 g/mol. The first-order valence-corrected chi connectivity index (χ1v) is 2.72. The van der Waals surface area contributed by atoms with Gasteiger partial charge in [-0.3, -0.25) is 0 Å². The molecule has 11 heteroatoms. The predicted octanol–water partition coefficient (Wildman–Crippen LogP) is -14.4. The van der Waals surface area contributed by atoms with Crippen LogP contribution in [0.2, 0.25) is 0 Å². The van der Waals surface area contributed by atoms with E-state index in [9.17, 15) is 0 Å². The van der Waals surface area contributed by atoms with Crippen molar-refractivity contribution in [3.05, 3.63) is 0 Å². The van der Waals surface area contributed by atoms with Gasteiger partial charge in [0, 0.05) is 17.9 Å². The van der Waals surface area contributed by atoms with Crippen LogP contribution in [-0.2, 0) is 14.4 Å². The Morgan fingerprint density at radius 3 is 0.588 bits per heavy atom. The number of hydrogen-bond donors (Lipinski definition) is 0. The first-order valence-electron chi connectivity index (χ1n) is 2.72. The van der Waals surface area contributed by atoms with Crippen molar-refractivity contribution in [2.45, 2.75) is 20.8 Å². The maximum Gasteiger partial charge on any atom is 1.00 e. The van der Waals surface area contributed by atoms with Gasteiger partial charge in [-0.05, 0) is 20.8 Å². The standard InChI is InChI=1S/3C2H4O2.3K.2H2O/c3*1-2(3)4;;;;;/h3*1H3,(H,3,4);;;;2*1H2/q;;;3*+1;;/p-3. The third-order valence-corrected chi connectivity index (χ3v) is 0. The van der Waals surface area contributed by atoms with Crippen molar-refractivity contribution in [1.82, 2.24) is 0 Å². The van der Waals surface area contributed by atoms with E-state index in [1.54, 1.807) is 0 Å². The topological polar surface area (TPSA) is 183 Å². The Balaban J connectivity index is -0.0000000104. The van der Waals surface area contributed by atoms with E-state index in [1.807, 2.05) is 0 Å². The second kappa shape index (κ2) is 42.7. The summed E-state index contributed by atoms with van der Waals surface area (Å²) in [5.41, 5.74) is 0. The Morgan fingerprint density at radius 2 is 0.588 bits per heavy atom. The zero-order valence-electron chi connectivity index (χ0n) is 10.9. The first kappa shape index (κ1) is 50.0. The maximum absolute atomic E-state index is 8.89. The summed E-state index contributed by atoms with van der Waals surface area (Å²) in [4.78, 5) is 26.7. The molecule has 0 fully saturated rings. The molecule has 0 aromatic rings. The first-order chi connectivity index (χ1) is 5.20. The van der Waals surface area contributed by atoms with Crippen LogP contribution in [0.15, 0.2) is 0 Å². The number of carboxylic acids is 3. The number of aliphatic carboxylic acids is 3. The summed E-state index contributed by atoms with van der Waals surface area (Å²) in [6.45, 7) is 2.92. The molecule has 0 heterocycles. The molecule has 0 aromatic heterocycles. The van der Waals surface area contributed by atoms with Gasteiger partial charge in [-0.15, -0.1) is 0 Å². The second-order valence-electron chi connectivity index (χ2n) is 1.47. The van der Waals surface area contributed by atoms with Crippen LogP contribution < -0.4 is 169 Å². The summed E-state index contributed by atoms with van der Waals surface area (Å²) < 4.78 is 0. The number of carbonyl (C=O) groups is 3. The summed E-state index contributed by atoms with van der Waals surface area (Å²) in [6, 6.07) is 0. The fraction of sp³-hybridized carbons (Fsp3) is 0.500. The minimum Gasteiger partial charge on any atom is -0.550 e. The molecule has 8 nitrogen and oxygen atoms in total. The maximum atomic E-state index is 8.89. The summed E-state index contributed by atoms with van der Waals surface area (Å²) in [5.74, 6) is -3.25. The molecule has 0 saturated heterocycles. The molecule has 17 heavy (non-hydrogen) atoms. The van der Waals surface area contributed by atoms with Gasteiger partial charge in [0.1, 0.15) is 0 Å². The predicted molar refractivity (Wildman–Crippen MR) is 39.3 cm³/mol. The largest absolute Gasteiger partial charge is 1.00 e. The van der Waals surface area contributed by atoms with Gasteiger partial charge in [0.25, 0.3) is 0 Å². The van der Waals surface area contributed by atoms with Crippen LogP contribution in [0.25, 0.3) is 0 Å². The van der Waals surface area contributed by atoms with Gasteiger partial charge in [0.15, 0.2) is 0 Å². The van der Waals surface area contributed by atoms with Crippen LogP contribution in [0, 0.1) is 0 Å². The summed E-state index contributed by atoms with van der Waals surface area (Å²) in [5, 5.41) is 26.7. The summed E-state index contributed by atoms with van der Waals surface area (Å²) in [7, 11) is 0. The van der Waals surface area contributed by atoms with Gasteiger partial charge in [0.05, 0.1) is 0 Å². The van der Waals surface area contributed by atoms with Crippen LogP contribution in [0.4, 0.5) is 0 Å². The normalized spacial score (nSPS) is 4.41. The molecule has 0 unspecified atom stereocenters. The third-order valence-electron chi connectivity index (χ3n) is 0. The van der Waals surface area contributed by atoms with Crippen molar-refractivity contribution in [2.75, 3.05) is 0 Å². The molecule has 0 radical (unpaired) electrons. The van der Waals surface area contributed by atoms with Crippen molar-refractivity contribution < 1.29 is 195 Å². The minimum absolute atomic E-state index is 0. The Labute approximate surface area is 227 Å². The molecule has 0 rings (SSSR count). The van der Waals surface area contributed by atoms with Gasteiger partial charge < -0.3 is 40.7 Å². The van der Waals surface area contributed by atoms with Crippen molar-refractivity contribution in [3.8, 4) is 0 Å². The molecule has 0 amide bonds. The van der Waals surface area contributed by atoms with Gasteiger partial charge in [-0.1, -0.05) is 0 Å². The van der Waals surface area contributed by atoms with Crippen LogP contribution in [0.5, 0.6) is 0 Å². The quantitative estimate of drug-likeness (QED) is 0.397. The van der Waals surface area contributed by atoms with Crippen molar-refractivity contribution >= 4 is 17.9 Å². The Kier molecular flexibility index (Phi) is 126. The zero-order valence-corrected chi connectivity index (χ0v) is 20.3. The van der Waals surface area contributed by atoms with Gasteiger partial charge in [-0.2, -0.15) is 0 Å². The van der Waals surface area contributed by atoms with E-state index in [0.717, 1.165) is 20.8 Å². The second-order valence-corrected chi connectivity index (χ2v) is 1.47. The van der Waals surface area contributed by atoms with Gasteiger partial charge >= 0.3 is 154 Å². The van der Waals surface area contributed by atoms with Crippen LogP contribution >= 0.6 is 0 Å². The Morgan fingerprint density at radius 1 is 0.588 bits per heavy atom. The fourth-order valence-electron chi connectivity index (χ4n) is 0. The number of hydrogen-bond acceptors (Lipinski definition) is 6. The van der Waals surface area contributed by atoms with E-state index in [0.29, 0.717) is 0 Å². The fourth-order valence-corrected chi connectivity index (χ4v) is 0. The molecule has 0 spiro atoms. The Hall–Kier alpha value is 3.24. The SMILES string of the molecule is CC(=O)[O-].CC(=O)[O-].CC(=O)[O-].O.O.[K+].[K+].[K+]. The van der Waals surface area contributed by atoms with Crippen molar-refractivity contribution in [3.63, 3.8) is 0 Å². The van der Waals surface area contributed by atoms with Gasteiger partial charge in [-0.25, -0.2) is 0 Å². The number of carboxylic acid groups (broad SMARTS) is 3. The average molecular weight is 330 g/mol. The third kappa shape index (κ3) is 545. The Bertz CT molecular complexity index is 123. The molecule has 0 aromatic carbocycles. The molecule has 0 aliphatic rings. The van der Waals surface area contributed by atoms with Crippen molar-refractivity contribution in [1.29, 1.82) is 0 Å². The van der Waals surface area contributed by atoms with Gasteiger partial charge in [0.2, 0.25) is 0 Å². The molecular weight excluding hydrogens is 317 g/mol. The smallest absolute Gasteiger partial charge is 0.550 e. The average Bonchev–Trinajstić information content (AvgIpc) is 1.54. The zero-order chi connectivity index (χ0) is 10.7. The van der Waals surface area contributed by atoms with E-state index in [4.69, 9.17) is 29.7 Å². The molecule has 88 valence electrons. The van der Waals surface area contributed by atoms with E-state index < -0.39 is 17.9 Å². The minimum atomic E-state index is -1.08. The molecule has 0 saturated carbocycles. The van der Waals surface area contributed by atoms with Crippen molar-refractivity contribution in [2.24, 2.45) is 0 Å². The van der Waals surface area contributed by atoms with Crippen LogP contribution in [-0.4, -0.2) is 28.9 Å². The van der Waals surface area contributed by atoms with E-state index >= 15 is 0 Å². The molecule has 0 bridgehead atoms. The summed E-state index contributed by atoms with van der Waals surface area (Å²) >= 11 is 0. The molecule has 0 aliphatic carbocycles. The number of rotatable bonds is 0. The van der Waals surface area contributed by atoms with E-state index in [-0.39, 0.29) is 165 Å². The van der Waals surface area contributed by atoms with E-state index in [2.05, 4.69) is 0 Å². The molecule has 4 N–H and O–H groups in total.